The maximum absolute atomic E-state index is 11.5. The Bertz CT molecular complexity index is 6780. The van der Waals surface area contributed by atoms with E-state index >= 15 is 0 Å². The number of nitrogens with zero attached hydrogens (tertiary/aromatic N) is 5. The second-order valence-corrected chi connectivity index (χ2v) is 30.7. The maximum Gasteiger partial charge on any atom is 0.161 e. The highest BCUT2D eigenvalue weighted by atomic mass is 16.5. The average Bonchev–Trinajstić information content (AvgIpc) is 0.653. The summed E-state index contributed by atoms with van der Waals surface area (Å²) < 4.78 is 533. The van der Waals surface area contributed by atoms with Crippen LogP contribution in [0.2, 0.25) is 0 Å². The summed E-state index contributed by atoms with van der Waals surface area (Å²) >= 11 is 0. The first-order chi connectivity index (χ1) is 78.0. The Balaban J connectivity index is 0.000000204. The molecule has 20 nitrogen and oxygen atoms in total. The number of hydrogen-bond donors (Lipinski definition) is 5. The lowest BCUT2D eigenvalue weighted by Crippen LogP contribution is -2.48. The third kappa shape index (κ3) is 22.0. The molecule has 117 heavy (non-hydrogen) atoms. The number of ether oxygens (including phenoxy) is 10. The molecule has 10 heterocycles. The minimum Gasteiger partial charge on any atom is -0.493 e. The third-order valence-corrected chi connectivity index (χ3v) is 20.2. The summed E-state index contributed by atoms with van der Waals surface area (Å²) in [5.41, 5.74) is -8.15. The van der Waals surface area contributed by atoms with Crippen LogP contribution in [0.3, 0.4) is 0 Å². The number of piperidine rings is 5. The van der Waals surface area contributed by atoms with Crippen LogP contribution in [0.4, 0.5) is 0 Å². The number of aliphatic hydroxyl groups is 5. The second-order valence-electron chi connectivity index (χ2n) is 30.7. The normalized spacial score (nSPS) is 47.0. The molecule has 10 aliphatic heterocycles. The van der Waals surface area contributed by atoms with Crippen molar-refractivity contribution in [1.29, 1.82) is 0 Å². The highest BCUT2D eigenvalue weighted by Gasteiger charge is 2.45. The van der Waals surface area contributed by atoms with E-state index in [2.05, 4.69) is 0 Å². The second kappa shape index (κ2) is 40.1. The summed E-state index contributed by atoms with van der Waals surface area (Å²) in [7, 11) is 3.69. The molecule has 0 aliphatic carbocycles. The minimum absolute atomic E-state index is 0.000599. The summed E-state index contributed by atoms with van der Waals surface area (Å²) in [5, 5.41) is 56.2. The van der Waals surface area contributed by atoms with Crippen LogP contribution in [0.1, 0.15) is 311 Å². The Morgan fingerprint density at radius 3 is 0.718 bits per heavy atom. The molecule has 652 valence electrons. The standard InChI is InChI=1S/2C20H31NO3.3C19H29NO3/c2*1-20(2,3)11-14-12-21-7-6-13-8-18(23-4)19(24-5)9-15(13)16(21)10-17(14)22;3*1-12(2)7-14-11-20-6-5-13-8-18(22-3)19(23-4)9-15(13)16(20)10-17(14)21/h2*8-9,14,16-17,22H,6-7,10-12H2,1-5H3;3*8-9,12,14,16-17,21H,5-7,10-11H2,1-4H3/i1D3,2D3,5D3,8D,9D,10D2,11D2,14D,16D,17D;1D3,2D3,8D,9D,10D2,11D2,14D,16D,17D;4D3,8D,9D,10D2,14D,16D,17D;2*8D,9D,10D2,14D,16D,17D. The summed E-state index contributed by atoms with van der Waals surface area (Å²) in [6, 6.07) is -17.4. The molecule has 5 saturated heterocycles. The zero-order valence-corrected chi connectivity index (χ0v) is 69.0. The molecular formula is C97H149N5O15. The van der Waals surface area contributed by atoms with Crippen molar-refractivity contribution < 1.29 is 151 Å². The van der Waals surface area contributed by atoms with Crippen LogP contribution >= 0.6 is 0 Å². The van der Waals surface area contributed by atoms with Gasteiger partial charge in [0.25, 0.3) is 0 Å². The monoisotopic (exact) mass is 1680 g/mol. The Hall–Kier alpha value is -6.30. The van der Waals surface area contributed by atoms with Crippen LogP contribution in [-0.2, 0) is 32.1 Å². The minimum atomic E-state index is -4.08. The van der Waals surface area contributed by atoms with Gasteiger partial charge in [0.05, 0.1) is 137 Å². The number of methoxy groups -OCH3 is 10. The Kier molecular flexibility index (Phi) is 14.5. The van der Waals surface area contributed by atoms with Crippen molar-refractivity contribution in [2.24, 2.45) is 58.1 Å². The Morgan fingerprint density at radius 1 is 0.342 bits per heavy atom. The molecule has 0 aromatic heterocycles. The lowest BCUT2D eigenvalue weighted by atomic mass is 9.75. The van der Waals surface area contributed by atoms with Crippen LogP contribution in [0.25, 0.3) is 0 Å². The van der Waals surface area contributed by atoms with Gasteiger partial charge in [-0.1, -0.05) is 82.8 Å². The maximum atomic E-state index is 11.5. The van der Waals surface area contributed by atoms with E-state index in [1.54, 1.807) is 13.8 Å². The molecule has 15 unspecified atom stereocenters. The molecule has 0 bridgehead atoms. The van der Waals surface area contributed by atoms with E-state index < -0.39 is 259 Å². The van der Waals surface area contributed by atoms with Gasteiger partial charge < -0.3 is 72.9 Å². The molecule has 15 rings (SSSR count). The molecule has 5 fully saturated rings. The SMILES string of the molecule is [2H]c1c2c(c([2H])c(OC([2H])([2H])[2H])c1OC)C1([2H])N(CC2)CC([2H])(C([2H])([2H])C(C)(C([2H])([2H])[2H])C([2H])([2H])[2H])C([2H])(O)C1([2H])[2H].[2H]c1c2c(c([2H])c(OC([2H])([2H])[2H])c1OC)C1([2H])N(CC2)CC([2H])(CC(C)C)C([2H])(O)C1([2H])[2H].[2H]c1c2c(c([2H])c(OC)c1OC)C1([2H])N(CC2)CC([2H])(C([2H])([2H])C(C)(C([2H])([2H])[2H])C([2H])([2H])[2H])C([2H])(O)C1([2H])[2H].[2H]c1c2c(c([2H])c(OC)c1OC)C1([2H])N(CC2)CC([2H])(CC(C)C)C([2H])(O)C1([2H])[2H].[2H]c1c2c(c([2H])c(OC)c1OC)C1([2H])N(CC2)CC([2H])(CC(C)C)C([2H])(O)C1([2H])[2H]. The molecule has 5 aromatic rings. The number of hydrogen-bond acceptors (Lipinski definition) is 20. The first kappa shape index (κ1) is 42.2. The van der Waals surface area contributed by atoms with Gasteiger partial charge >= 0.3 is 0 Å². The van der Waals surface area contributed by atoms with Gasteiger partial charge in [0.15, 0.2) is 57.5 Å². The van der Waals surface area contributed by atoms with Crippen molar-refractivity contribution in [3.63, 3.8) is 0 Å². The van der Waals surface area contributed by atoms with Crippen LogP contribution in [-0.4, -0.2) is 217 Å². The van der Waals surface area contributed by atoms with Gasteiger partial charge in [-0.15, -0.1) is 0 Å². The fourth-order valence-corrected chi connectivity index (χ4v) is 15.0. The van der Waals surface area contributed by atoms with E-state index in [-0.39, 0.29) is 236 Å². The summed E-state index contributed by atoms with van der Waals surface area (Å²) in [6.45, 7) is -6.10. The van der Waals surface area contributed by atoms with Crippen LogP contribution < -0.4 is 47.4 Å². The van der Waals surface area contributed by atoms with E-state index in [1.807, 2.05) is 27.7 Å². The smallest absolute Gasteiger partial charge is 0.161 e. The molecule has 15 atom stereocenters. The molecule has 0 amide bonds. The molecule has 5 aromatic carbocycles. The predicted octanol–water partition coefficient (Wildman–Crippen LogP) is 15.9. The van der Waals surface area contributed by atoms with Gasteiger partial charge in [0, 0.05) is 138 Å². The fraction of sp³-hybridized carbons (Fsp3) is 0.691. The Labute approximate surface area is 782 Å². The van der Waals surface area contributed by atoms with Gasteiger partial charge in [-0.05, 0) is 270 Å². The highest BCUT2D eigenvalue weighted by Crippen LogP contribution is 2.51. The zero-order valence-electron chi connectivity index (χ0n) is 126. The van der Waals surface area contributed by atoms with Crippen molar-refractivity contribution in [2.75, 3.05) is 136 Å². The molecule has 10 aliphatic rings. The lowest BCUT2D eigenvalue weighted by molar-refractivity contribution is -0.0259. The molecule has 0 radical (unpaired) electrons. The van der Waals surface area contributed by atoms with E-state index in [9.17, 15) is 32.4 Å². The topological polar surface area (TPSA) is 210 Å². The van der Waals surface area contributed by atoms with Gasteiger partial charge in [0.2, 0.25) is 0 Å². The summed E-state index contributed by atoms with van der Waals surface area (Å²) in [5.74, 6) is -16.0. The third-order valence-electron chi connectivity index (χ3n) is 20.2. The van der Waals surface area contributed by atoms with Crippen LogP contribution in [0, 0.1) is 58.1 Å². The zero-order chi connectivity index (χ0) is 135. The summed E-state index contributed by atoms with van der Waals surface area (Å²) in [6.07, 6.45) is -40.6. The van der Waals surface area contributed by atoms with Gasteiger partial charge in [-0.3, -0.25) is 24.5 Å². The van der Waals surface area contributed by atoms with Crippen LogP contribution in [0.15, 0.2) is 60.4 Å². The van der Waals surface area contributed by atoms with Crippen molar-refractivity contribution in [2.45, 2.75) is 239 Å². The van der Waals surface area contributed by atoms with E-state index in [1.165, 1.54) is 57.4 Å². The molecule has 0 spiro atoms. The van der Waals surface area contributed by atoms with Crippen molar-refractivity contribution in [1.82, 2.24) is 24.5 Å². The van der Waals surface area contributed by atoms with E-state index in [4.69, 9.17) is 119 Å². The summed E-state index contributed by atoms with van der Waals surface area (Å²) in [4.78, 5) is 5.79. The van der Waals surface area contributed by atoms with Gasteiger partial charge in [0.1, 0.15) is 0 Å². The van der Waals surface area contributed by atoms with Gasteiger partial charge in [-0.2, -0.15) is 0 Å². The quantitative estimate of drug-likeness (QED) is 0.0552. The number of rotatable bonds is 18. The first-order valence-corrected chi connectivity index (χ1v) is 38.4. The molecule has 0 saturated carbocycles. The largest absolute Gasteiger partial charge is 0.493 e. The lowest BCUT2D eigenvalue weighted by Gasteiger charge is -2.47. The van der Waals surface area contributed by atoms with E-state index in [0.29, 0.717) is 13.8 Å². The molecule has 5 N–H and O–H groups in total. The Morgan fingerprint density at radius 2 is 0.530 bits per heavy atom. The highest BCUT2D eigenvalue weighted by molar-refractivity contribution is 5.54. The first-order valence-electron chi connectivity index (χ1n) is 66.9. The average molecular weight is 1680 g/mol. The molecule has 20 heteroatoms. The van der Waals surface area contributed by atoms with E-state index in [0.717, 1.165) is 24.0 Å². The molecular weight excluding hydrogens is 1480 g/mol. The predicted molar refractivity (Wildman–Crippen MR) is 465 cm³/mol. The van der Waals surface area contributed by atoms with Crippen molar-refractivity contribution in [3.8, 4) is 57.5 Å². The van der Waals surface area contributed by atoms with Crippen LogP contribution in [0.5, 0.6) is 57.5 Å². The number of fused-ring (bicyclic) bond motifs is 15. The van der Waals surface area contributed by atoms with Gasteiger partial charge in [-0.25, -0.2) is 0 Å². The van der Waals surface area contributed by atoms with Crippen molar-refractivity contribution in [3.05, 3.63) is 116 Å². The number of benzene rings is 5. The van der Waals surface area contributed by atoms with Crippen molar-refractivity contribution >= 4 is 0 Å². The fourth-order valence-electron chi connectivity index (χ4n) is 15.0.